The molecule has 0 aliphatic carbocycles. The zero-order valence-corrected chi connectivity index (χ0v) is 22.6. The molecule has 3 atom stereocenters. The van der Waals surface area contributed by atoms with Crippen LogP contribution >= 0.6 is 11.6 Å². The second-order valence-corrected chi connectivity index (χ2v) is 12.8. The molecular weight excluding hydrogens is 495 g/mol. The summed E-state index contributed by atoms with van der Waals surface area (Å²) in [4.78, 5) is 14.8. The molecule has 1 N–H and O–H groups in total. The highest BCUT2D eigenvalue weighted by Gasteiger charge is 2.41. The van der Waals surface area contributed by atoms with Crippen LogP contribution in [0.1, 0.15) is 59.1 Å². The number of benzene rings is 1. The molecule has 3 rings (SSSR count). The third kappa shape index (κ3) is 7.11. The van der Waals surface area contributed by atoms with Crippen LogP contribution in [0.5, 0.6) is 5.75 Å². The number of amides is 1. The number of hydrogen-bond acceptors (Lipinski definition) is 6. The first-order valence-corrected chi connectivity index (χ1v) is 13.4. The summed E-state index contributed by atoms with van der Waals surface area (Å²) in [5, 5.41) is -0.0343. The van der Waals surface area contributed by atoms with E-state index >= 15 is 0 Å². The van der Waals surface area contributed by atoms with Crippen LogP contribution in [0, 0.1) is 11.7 Å². The first-order chi connectivity index (χ1) is 16.3. The van der Waals surface area contributed by atoms with E-state index in [-0.39, 0.29) is 30.1 Å². The number of halogens is 2. The van der Waals surface area contributed by atoms with E-state index in [2.05, 4.69) is 11.3 Å². The molecule has 7 nitrogen and oxygen atoms in total. The zero-order valence-electron chi connectivity index (χ0n) is 21.1. The Morgan fingerprint density at radius 3 is 2.63 bits per heavy atom. The van der Waals surface area contributed by atoms with E-state index in [1.54, 1.807) is 24.8 Å². The Morgan fingerprint density at radius 1 is 1.43 bits per heavy atom. The van der Waals surface area contributed by atoms with Gasteiger partial charge in [-0.3, -0.25) is 4.79 Å². The number of carbonyl (C=O) groups is 1. The molecule has 0 radical (unpaired) electrons. The summed E-state index contributed by atoms with van der Waals surface area (Å²) in [5.41, 5.74) is 0.634. The zero-order chi connectivity index (χ0) is 26.0. The molecule has 1 unspecified atom stereocenters. The van der Waals surface area contributed by atoms with Gasteiger partial charge < -0.3 is 23.7 Å². The summed E-state index contributed by atoms with van der Waals surface area (Å²) in [6.07, 6.45) is 2.26. The van der Waals surface area contributed by atoms with E-state index in [1.807, 2.05) is 20.8 Å². The van der Waals surface area contributed by atoms with Crippen molar-refractivity contribution in [2.24, 2.45) is 5.92 Å². The Bertz CT molecular complexity index is 918. The first-order valence-electron chi connectivity index (χ1n) is 11.8. The molecule has 10 heteroatoms. The summed E-state index contributed by atoms with van der Waals surface area (Å²) in [7, 11) is 0. The molecule has 196 valence electrons. The molecule has 2 fully saturated rings. The highest BCUT2D eigenvalue weighted by atomic mass is 35.5. The Balaban J connectivity index is 1.82. The maximum Gasteiger partial charge on any atom is 0.254 e. The van der Waals surface area contributed by atoms with Crippen LogP contribution in [-0.4, -0.2) is 58.3 Å². The number of hydrogen-bond donors (Lipinski definition) is 1. The number of ether oxygens (including phenoxy) is 3. The quantitative estimate of drug-likeness (QED) is 0.393. The monoisotopic (exact) mass is 530 g/mol. The number of nitrogens with zero attached hydrogens (tertiary/aromatic N) is 1. The van der Waals surface area contributed by atoms with Crippen LogP contribution in [0.4, 0.5) is 4.39 Å². The normalized spacial score (nSPS) is 22.6. The minimum absolute atomic E-state index is 0.00939. The lowest BCUT2D eigenvalue weighted by Gasteiger charge is -2.38. The highest BCUT2D eigenvalue weighted by molar-refractivity contribution is 7.90. The lowest BCUT2D eigenvalue weighted by Crippen LogP contribution is -2.48. The van der Waals surface area contributed by atoms with Crippen molar-refractivity contribution in [3.05, 3.63) is 41.2 Å². The van der Waals surface area contributed by atoms with Crippen LogP contribution < -0.4 is 9.46 Å². The molecular formula is C25H36ClFN2O5S. The predicted octanol–water partition coefficient (Wildman–Crippen LogP) is 4.53. The molecule has 0 saturated carbocycles. The number of rotatable bonds is 8. The van der Waals surface area contributed by atoms with E-state index in [4.69, 9.17) is 25.8 Å². The highest BCUT2D eigenvalue weighted by Crippen LogP contribution is 2.39. The van der Waals surface area contributed by atoms with Gasteiger partial charge in [0, 0.05) is 36.1 Å². The van der Waals surface area contributed by atoms with Crippen molar-refractivity contribution in [1.82, 2.24) is 9.62 Å². The second kappa shape index (κ2) is 11.4. The van der Waals surface area contributed by atoms with E-state index in [0.29, 0.717) is 37.2 Å². The van der Waals surface area contributed by atoms with Crippen LogP contribution in [0.3, 0.4) is 0 Å². The van der Waals surface area contributed by atoms with Crippen molar-refractivity contribution >= 4 is 28.9 Å². The van der Waals surface area contributed by atoms with Gasteiger partial charge in [-0.25, -0.2) is 4.39 Å². The minimum Gasteiger partial charge on any atom is -0.598 e. The van der Waals surface area contributed by atoms with Gasteiger partial charge in [-0.1, -0.05) is 24.3 Å². The van der Waals surface area contributed by atoms with Gasteiger partial charge in [-0.2, -0.15) is 0 Å². The first kappa shape index (κ1) is 28.2. The van der Waals surface area contributed by atoms with Crippen LogP contribution in [0.15, 0.2) is 24.8 Å². The second-order valence-electron chi connectivity index (χ2n) is 10.4. The van der Waals surface area contributed by atoms with Gasteiger partial charge in [-0.05, 0) is 59.4 Å². The molecule has 2 aliphatic heterocycles. The Hall–Kier alpha value is -1.36. The van der Waals surface area contributed by atoms with Crippen molar-refractivity contribution < 1.29 is 27.9 Å². The molecule has 2 heterocycles. The van der Waals surface area contributed by atoms with Crippen molar-refractivity contribution in [3.63, 3.8) is 0 Å². The van der Waals surface area contributed by atoms with Crippen molar-refractivity contribution in [1.29, 1.82) is 0 Å². The standard InChI is InChI=1S/C25H36ClFN2O5S/c1-7-12-32-20-14-19(27)18(26)13-17(20)22(28-35(31)24(2,3)4)16-8-10-29(11-9-16)23(30)21-15-33-25(5,6)34-21/h7,13-14,16,21-22,28H,1,8-12,15H2,2-6H3/t21-,22?,35+/m1/s1. The molecule has 0 bridgehead atoms. The predicted molar refractivity (Wildman–Crippen MR) is 135 cm³/mol. The van der Waals surface area contributed by atoms with E-state index < -0.39 is 39.9 Å². The number of carbonyl (C=O) groups excluding carboxylic acids is 1. The van der Waals surface area contributed by atoms with E-state index in [9.17, 15) is 13.7 Å². The van der Waals surface area contributed by atoms with Crippen molar-refractivity contribution in [3.8, 4) is 5.75 Å². The molecule has 2 saturated heterocycles. The summed E-state index contributed by atoms with van der Waals surface area (Å²) in [5.74, 6) is -1.11. The molecule has 1 aromatic carbocycles. The molecule has 1 amide bonds. The van der Waals surface area contributed by atoms with Gasteiger partial charge in [-0.15, -0.1) is 4.72 Å². The topological polar surface area (TPSA) is 83.1 Å². The van der Waals surface area contributed by atoms with Crippen LogP contribution in [0.2, 0.25) is 5.02 Å². The average Bonchev–Trinajstić information content (AvgIpc) is 3.16. The largest absolute Gasteiger partial charge is 0.598 e. The van der Waals surface area contributed by atoms with Gasteiger partial charge in [0.15, 0.2) is 11.9 Å². The summed E-state index contributed by atoms with van der Waals surface area (Å²) >= 11 is 4.75. The Morgan fingerprint density at radius 2 is 2.09 bits per heavy atom. The SMILES string of the molecule is C=CCOc1cc(F)c(Cl)cc1C(N[S@@+]([O-])C(C)(C)C)C1CCN(C(=O)[C@H]2COC(C)(C)O2)CC1. The number of piperidine rings is 1. The van der Waals surface area contributed by atoms with Gasteiger partial charge >= 0.3 is 0 Å². The van der Waals surface area contributed by atoms with Crippen LogP contribution in [-0.2, 0) is 25.6 Å². The molecule has 2 aliphatic rings. The minimum atomic E-state index is -1.40. The van der Waals surface area contributed by atoms with Gasteiger partial charge in [0.25, 0.3) is 5.91 Å². The van der Waals surface area contributed by atoms with Gasteiger partial charge in [0.2, 0.25) is 0 Å². The maximum atomic E-state index is 14.3. The average molecular weight is 531 g/mol. The molecule has 0 aromatic heterocycles. The smallest absolute Gasteiger partial charge is 0.254 e. The van der Waals surface area contributed by atoms with Crippen molar-refractivity contribution in [2.45, 2.75) is 70.1 Å². The van der Waals surface area contributed by atoms with Gasteiger partial charge in [0.1, 0.15) is 22.9 Å². The van der Waals surface area contributed by atoms with Crippen molar-refractivity contribution in [2.75, 3.05) is 26.3 Å². The third-order valence-electron chi connectivity index (χ3n) is 6.14. The summed E-state index contributed by atoms with van der Waals surface area (Å²) < 4.78 is 47.2. The Kier molecular flexibility index (Phi) is 9.16. The summed E-state index contributed by atoms with van der Waals surface area (Å²) in [6, 6.07) is 2.37. The Labute approximate surface area is 215 Å². The lowest BCUT2D eigenvalue weighted by molar-refractivity contribution is -0.161. The van der Waals surface area contributed by atoms with Gasteiger partial charge in [0.05, 0.1) is 17.7 Å². The fourth-order valence-corrected chi connectivity index (χ4v) is 5.31. The third-order valence-corrected chi connectivity index (χ3v) is 8.01. The maximum absolute atomic E-state index is 14.3. The summed E-state index contributed by atoms with van der Waals surface area (Å²) in [6.45, 7) is 14.3. The number of nitrogens with one attached hydrogen (secondary N) is 1. The number of likely N-dealkylation sites (tertiary alicyclic amines) is 1. The molecule has 0 spiro atoms. The lowest BCUT2D eigenvalue weighted by atomic mass is 9.85. The fourth-order valence-electron chi connectivity index (χ4n) is 4.23. The van der Waals surface area contributed by atoms with E-state index in [1.165, 1.54) is 12.1 Å². The van der Waals surface area contributed by atoms with E-state index in [0.717, 1.165) is 0 Å². The van der Waals surface area contributed by atoms with Crippen LogP contribution in [0.25, 0.3) is 0 Å². The fraction of sp³-hybridized carbons (Fsp3) is 0.640. The molecule has 35 heavy (non-hydrogen) atoms. The molecule has 1 aromatic rings.